The topological polar surface area (TPSA) is 147 Å². The molecule has 0 saturated carbocycles. The zero-order valence-corrected chi connectivity index (χ0v) is 23.4. The molecule has 3 N–H and O–H groups in total. The summed E-state index contributed by atoms with van der Waals surface area (Å²) in [5.74, 6) is 0.196. The summed E-state index contributed by atoms with van der Waals surface area (Å²) in [7, 11) is -3.86. The van der Waals surface area contributed by atoms with E-state index < -0.39 is 28.0 Å². The number of hydrogen-bond acceptors (Lipinski definition) is 8. The second-order valence-electron chi connectivity index (χ2n) is 10.1. The summed E-state index contributed by atoms with van der Waals surface area (Å²) in [5, 5.41) is 8.42. The van der Waals surface area contributed by atoms with Crippen LogP contribution in [0.3, 0.4) is 0 Å². The molecule has 11 heteroatoms. The van der Waals surface area contributed by atoms with E-state index in [1.54, 1.807) is 0 Å². The molecule has 1 atom stereocenters. The molecule has 1 aliphatic carbocycles. The number of carbonyl (C=O) groups is 2. The number of pyridine rings is 1. The van der Waals surface area contributed by atoms with Gasteiger partial charge in [0.1, 0.15) is 0 Å². The van der Waals surface area contributed by atoms with Gasteiger partial charge in [-0.1, -0.05) is 24.3 Å². The minimum absolute atomic E-state index is 0.0822. The number of esters is 1. The van der Waals surface area contributed by atoms with Crippen molar-refractivity contribution in [3.63, 3.8) is 0 Å². The molecule has 1 aromatic heterocycles. The first-order chi connectivity index (χ1) is 20.2. The number of sulfonamides is 1. The van der Waals surface area contributed by atoms with Crippen LogP contribution in [0.15, 0.2) is 71.6 Å². The zero-order chi connectivity index (χ0) is 29.4. The number of hydrogen-bond donors (Lipinski definition) is 2. The quantitative estimate of drug-likeness (QED) is 0.310. The molecule has 1 aliphatic heterocycles. The molecule has 214 valence electrons. The SMILES string of the molecule is CC(OC(=O)c1c2c(nc3ccccc13)/C(=C/c1ccc3c(c1)OCO3)CCC2)C(=O)Nc1ccc(S(N)(=O)=O)cc1. The van der Waals surface area contributed by atoms with Crippen molar-refractivity contribution in [1.82, 2.24) is 4.98 Å². The Balaban J connectivity index is 1.29. The first-order valence-corrected chi connectivity index (χ1v) is 14.9. The predicted octanol–water partition coefficient (Wildman–Crippen LogP) is 4.67. The minimum atomic E-state index is -3.86. The van der Waals surface area contributed by atoms with E-state index in [1.807, 2.05) is 48.5 Å². The Morgan fingerprint density at radius 3 is 2.57 bits per heavy atom. The van der Waals surface area contributed by atoms with Gasteiger partial charge >= 0.3 is 5.97 Å². The van der Waals surface area contributed by atoms with E-state index in [2.05, 4.69) is 5.32 Å². The van der Waals surface area contributed by atoms with Gasteiger partial charge in [-0.2, -0.15) is 0 Å². The van der Waals surface area contributed by atoms with Crippen LogP contribution < -0.4 is 19.9 Å². The summed E-state index contributed by atoms with van der Waals surface area (Å²) in [6.07, 6.45) is 3.14. The number of anilines is 1. The van der Waals surface area contributed by atoms with Crippen LogP contribution in [0.4, 0.5) is 5.69 Å². The number of rotatable bonds is 6. The van der Waals surface area contributed by atoms with Gasteiger partial charge in [-0.15, -0.1) is 0 Å². The average molecular weight is 586 g/mol. The molecule has 0 bridgehead atoms. The average Bonchev–Trinajstić information content (AvgIpc) is 3.44. The van der Waals surface area contributed by atoms with Crippen molar-refractivity contribution >= 4 is 50.1 Å². The molecule has 1 amide bonds. The van der Waals surface area contributed by atoms with Crippen molar-refractivity contribution in [2.45, 2.75) is 37.2 Å². The maximum Gasteiger partial charge on any atom is 0.339 e. The van der Waals surface area contributed by atoms with E-state index in [4.69, 9.17) is 24.3 Å². The van der Waals surface area contributed by atoms with Gasteiger partial charge in [0.15, 0.2) is 17.6 Å². The number of aromatic nitrogens is 1. The minimum Gasteiger partial charge on any atom is -0.454 e. The normalized spacial score (nSPS) is 15.7. The van der Waals surface area contributed by atoms with Crippen LogP contribution in [0.5, 0.6) is 11.5 Å². The van der Waals surface area contributed by atoms with Crippen LogP contribution in [0.1, 0.15) is 46.9 Å². The Labute approximate surface area is 242 Å². The highest BCUT2D eigenvalue weighted by Gasteiger charge is 2.28. The largest absolute Gasteiger partial charge is 0.454 e. The number of nitrogens with one attached hydrogen (secondary N) is 1. The number of carbonyl (C=O) groups excluding carboxylic acids is 2. The number of nitrogens with zero attached hydrogens (tertiary/aromatic N) is 1. The van der Waals surface area contributed by atoms with Gasteiger partial charge in [-0.05, 0) is 91.4 Å². The molecule has 0 radical (unpaired) electrons. The molecular weight excluding hydrogens is 558 g/mol. The Kier molecular flexibility index (Phi) is 7.13. The number of amides is 1. The molecule has 3 aromatic carbocycles. The van der Waals surface area contributed by atoms with E-state index in [0.29, 0.717) is 40.1 Å². The van der Waals surface area contributed by atoms with Crippen LogP contribution in [0.2, 0.25) is 0 Å². The monoisotopic (exact) mass is 585 g/mol. The van der Waals surface area contributed by atoms with E-state index >= 15 is 0 Å². The smallest absolute Gasteiger partial charge is 0.339 e. The summed E-state index contributed by atoms with van der Waals surface area (Å²) < 4.78 is 39.6. The third kappa shape index (κ3) is 5.44. The lowest BCUT2D eigenvalue weighted by atomic mass is 9.86. The van der Waals surface area contributed by atoms with E-state index in [-0.39, 0.29) is 11.7 Å². The van der Waals surface area contributed by atoms with Gasteiger partial charge in [-0.25, -0.2) is 23.3 Å². The van der Waals surface area contributed by atoms with Gasteiger partial charge < -0.3 is 19.5 Å². The Morgan fingerprint density at radius 1 is 1.02 bits per heavy atom. The summed E-state index contributed by atoms with van der Waals surface area (Å²) in [5.41, 5.74) is 4.81. The zero-order valence-electron chi connectivity index (χ0n) is 22.6. The van der Waals surface area contributed by atoms with Gasteiger partial charge in [0, 0.05) is 11.1 Å². The first-order valence-electron chi connectivity index (χ1n) is 13.3. The Morgan fingerprint density at radius 2 is 1.79 bits per heavy atom. The second-order valence-corrected chi connectivity index (χ2v) is 11.6. The van der Waals surface area contributed by atoms with Crippen molar-refractivity contribution in [3.8, 4) is 11.5 Å². The van der Waals surface area contributed by atoms with Crippen LogP contribution in [-0.4, -0.2) is 38.2 Å². The van der Waals surface area contributed by atoms with Crippen molar-refractivity contribution in [2.75, 3.05) is 12.1 Å². The second kappa shape index (κ2) is 10.9. The van der Waals surface area contributed by atoms with Gasteiger partial charge in [-0.3, -0.25) is 4.79 Å². The van der Waals surface area contributed by atoms with Crippen molar-refractivity contribution in [1.29, 1.82) is 0 Å². The van der Waals surface area contributed by atoms with Gasteiger partial charge in [0.2, 0.25) is 16.8 Å². The molecule has 0 saturated heterocycles. The highest BCUT2D eigenvalue weighted by atomic mass is 32.2. The number of fused-ring (bicyclic) bond motifs is 3. The molecule has 6 rings (SSSR count). The summed E-state index contributed by atoms with van der Waals surface area (Å²) in [6, 6.07) is 18.5. The van der Waals surface area contributed by atoms with E-state index in [0.717, 1.165) is 35.2 Å². The standard InChI is InChI=1S/C31H27N3O7S/c1-18(30(35)33-21-10-12-22(13-11-21)42(32,37)38)41-31(36)28-23-6-2-3-8-25(23)34-29-20(5-4-7-24(28)29)15-19-9-14-26-27(16-19)40-17-39-26/h2-3,6,8-16,18H,4-5,7,17H2,1H3,(H,33,35)(H2,32,37,38)/b20-15+. The Hall–Kier alpha value is -4.74. The number of benzene rings is 3. The number of allylic oxidation sites excluding steroid dienone is 1. The van der Waals surface area contributed by atoms with Crippen molar-refractivity contribution < 1.29 is 32.2 Å². The number of para-hydroxylation sites is 1. The van der Waals surface area contributed by atoms with Crippen molar-refractivity contribution in [2.24, 2.45) is 5.14 Å². The maximum absolute atomic E-state index is 13.7. The Bertz CT molecular complexity index is 1870. The maximum atomic E-state index is 13.7. The van der Waals surface area contributed by atoms with Gasteiger partial charge in [0.25, 0.3) is 5.91 Å². The van der Waals surface area contributed by atoms with Crippen molar-refractivity contribution in [3.05, 3.63) is 89.1 Å². The summed E-state index contributed by atoms with van der Waals surface area (Å²) in [6.45, 7) is 1.67. The van der Waals surface area contributed by atoms with Crippen LogP contribution in [-0.2, 0) is 26.0 Å². The van der Waals surface area contributed by atoms with E-state index in [1.165, 1.54) is 31.2 Å². The third-order valence-electron chi connectivity index (χ3n) is 7.22. The fraction of sp³-hybridized carbons (Fsp3) is 0.194. The fourth-order valence-corrected chi connectivity index (χ4v) is 5.67. The molecular formula is C31H27N3O7S. The van der Waals surface area contributed by atoms with E-state index in [9.17, 15) is 18.0 Å². The molecule has 4 aromatic rings. The number of ether oxygens (including phenoxy) is 3. The summed E-state index contributed by atoms with van der Waals surface area (Å²) in [4.78, 5) is 31.4. The highest BCUT2D eigenvalue weighted by Crippen LogP contribution is 2.38. The van der Waals surface area contributed by atoms with Gasteiger partial charge in [0.05, 0.1) is 21.7 Å². The molecule has 0 fully saturated rings. The highest BCUT2D eigenvalue weighted by molar-refractivity contribution is 7.89. The lowest BCUT2D eigenvalue weighted by Crippen LogP contribution is -2.30. The lowest BCUT2D eigenvalue weighted by Gasteiger charge is -2.23. The number of primary sulfonamides is 1. The molecule has 10 nitrogen and oxygen atoms in total. The molecule has 2 aliphatic rings. The molecule has 42 heavy (non-hydrogen) atoms. The molecule has 1 unspecified atom stereocenters. The molecule has 2 heterocycles. The third-order valence-corrected chi connectivity index (χ3v) is 8.14. The lowest BCUT2D eigenvalue weighted by molar-refractivity contribution is -0.123. The number of nitrogens with two attached hydrogens (primary N) is 1. The van der Waals surface area contributed by atoms with Crippen LogP contribution >= 0.6 is 0 Å². The van der Waals surface area contributed by atoms with Crippen LogP contribution in [0.25, 0.3) is 22.6 Å². The fourth-order valence-electron chi connectivity index (χ4n) is 5.16. The summed E-state index contributed by atoms with van der Waals surface area (Å²) >= 11 is 0. The first kappa shape index (κ1) is 27.4. The molecule has 0 spiro atoms. The van der Waals surface area contributed by atoms with Crippen LogP contribution in [0, 0.1) is 0 Å². The predicted molar refractivity (Wildman–Crippen MR) is 156 cm³/mol.